The van der Waals surface area contributed by atoms with Crippen LogP contribution in [0.5, 0.6) is 5.75 Å². The van der Waals surface area contributed by atoms with E-state index in [9.17, 15) is 9.18 Å². The monoisotopic (exact) mass is 409 g/mol. The first-order chi connectivity index (χ1) is 14.5. The number of methoxy groups -OCH3 is 1. The van der Waals surface area contributed by atoms with E-state index in [1.807, 2.05) is 24.3 Å². The molecular formula is C24H28FN3O2. The van der Waals surface area contributed by atoms with Gasteiger partial charge in [0.1, 0.15) is 11.6 Å². The van der Waals surface area contributed by atoms with Crippen molar-refractivity contribution in [3.63, 3.8) is 0 Å². The molecule has 1 atom stereocenters. The van der Waals surface area contributed by atoms with Gasteiger partial charge < -0.3 is 4.74 Å². The van der Waals surface area contributed by atoms with Crippen LogP contribution in [-0.4, -0.2) is 48.3 Å². The quantitative estimate of drug-likeness (QED) is 0.742. The molecule has 2 aliphatic heterocycles. The second-order valence-corrected chi connectivity index (χ2v) is 8.22. The lowest BCUT2D eigenvalue weighted by Gasteiger charge is -2.31. The van der Waals surface area contributed by atoms with E-state index in [4.69, 9.17) is 4.74 Å². The molecule has 0 unspecified atom stereocenters. The number of rotatable bonds is 5. The van der Waals surface area contributed by atoms with Gasteiger partial charge in [-0.15, -0.1) is 0 Å². The Kier molecular flexibility index (Phi) is 6.13. The number of halogens is 1. The summed E-state index contributed by atoms with van der Waals surface area (Å²) in [5.41, 5.74) is 2.15. The highest BCUT2D eigenvalue weighted by atomic mass is 19.1. The van der Waals surface area contributed by atoms with Crippen molar-refractivity contribution in [2.24, 2.45) is 11.0 Å². The Morgan fingerprint density at radius 1 is 1.17 bits per heavy atom. The van der Waals surface area contributed by atoms with E-state index in [1.54, 1.807) is 25.3 Å². The summed E-state index contributed by atoms with van der Waals surface area (Å²) in [6, 6.07) is 13.8. The Morgan fingerprint density at radius 3 is 2.67 bits per heavy atom. The van der Waals surface area contributed by atoms with E-state index in [1.165, 1.54) is 11.1 Å². The van der Waals surface area contributed by atoms with Gasteiger partial charge in [-0.1, -0.05) is 37.3 Å². The molecule has 0 radical (unpaired) electrons. The normalized spacial score (nSPS) is 20.3. The average molecular weight is 410 g/mol. The second kappa shape index (κ2) is 8.96. The fourth-order valence-electron chi connectivity index (χ4n) is 4.19. The van der Waals surface area contributed by atoms with Crippen LogP contribution in [0.4, 0.5) is 4.39 Å². The molecule has 6 heteroatoms. The number of hydrogen-bond acceptors (Lipinski definition) is 4. The summed E-state index contributed by atoms with van der Waals surface area (Å²) in [6.45, 7) is 4.39. The third-order valence-corrected chi connectivity index (χ3v) is 6.07. The lowest BCUT2D eigenvalue weighted by molar-refractivity contribution is -0.134. The van der Waals surface area contributed by atoms with Crippen molar-refractivity contribution in [2.45, 2.75) is 32.2 Å². The minimum absolute atomic E-state index is 0.0873. The van der Waals surface area contributed by atoms with E-state index in [2.05, 4.69) is 16.9 Å². The molecule has 158 valence electrons. The van der Waals surface area contributed by atoms with Crippen molar-refractivity contribution in [1.29, 1.82) is 0 Å². The van der Waals surface area contributed by atoms with Crippen LogP contribution in [0.2, 0.25) is 0 Å². The van der Waals surface area contributed by atoms with E-state index < -0.39 is 6.04 Å². The summed E-state index contributed by atoms with van der Waals surface area (Å²) in [7, 11) is 1.62. The van der Waals surface area contributed by atoms with Gasteiger partial charge in [0.05, 0.1) is 25.4 Å². The summed E-state index contributed by atoms with van der Waals surface area (Å²) < 4.78 is 19.9. The Labute approximate surface area is 177 Å². The number of carbonyl (C=O) groups is 1. The largest absolute Gasteiger partial charge is 0.497 e. The highest BCUT2D eigenvalue weighted by molar-refractivity contribution is 6.03. The highest BCUT2D eigenvalue weighted by Crippen LogP contribution is 2.35. The molecule has 2 aliphatic rings. The molecule has 4 rings (SSSR count). The van der Waals surface area contributed by atoms with E-state index >= 15 is 0 Å². The van der Waals surface area contributed by atoms with Crippen molar-refractivity contribution in [3.8, 4) is 5.75 Å². The van der Waals surface area contributed by atoms with Gasteiger partial charge in [0.2, 0.25) is 0 Å². The first kappa shape index (κ1) is 20.5. The predicted molar refractivity (Wildman–Crippen MR) is 115 cm³/mol. The standard InChI is InChI=1S/C24H28FN3O2/c1-17-10-12-27(13-11-17)16-24(29)28-23(20-8-3-4-9-21(20)25)15-22(26-28)18-6-5-7-19(14-18)30-2/h3-9,14,17,23H,10-13,15-16H2,1-2H3/t23-/m0/s1. The van der Waals surface area contributed by atoms with Crippen LogP contribution in [0.15, 0.2) is 53.6 Å². The summed E-state index contributed by atoms with van der Waals surface area (Å²) in [5, 5.41) is 6.16. The third-order valence-electron chi connectivity index (χ3n) is 6.07. The molecule has 1 amide bonds. The molecule has 0 bridgehead atoms. The third kappa shape index (κ3) is 4.38. The van der Waals surface area contributed by atoms with Gasteiger partial charge in [0.15, 0.2) is 0 Å². The van der Waals surface area contributed by atoms with E-state index in [-0.39, 0.29) is 11.7 Å². The van der Waals surface area contributed by atoms with E-state index in [0.29, 0.717) is 24.4 Å². The number of amides is 1. The number of carbonyl (C=O) groups excluding carboxylic acids is 1. The summed E-state index contributed by atoms with van der Waals surface area (Å²) in [5.74, 6) is 1.03. The van der Waals surface area contributed by atoms with Gasteiger partial charge in [0, 0.05) is 17.5 Å². The highest BCUT2D eigenvalue weighted by Gasteiger charge is 2.35. The molecular weight excluding hydrogens is 381 g/mol. The minimum Gasteiger partial charge on any atom is -0.497 e. The zero-order chi connectivity index (χ0) is 21.1. The molecule has 2 aromatic rings. The lowest BCUT2D eigenvalue weighted by atomic mass is 9.97. The van der Waals surface area contributed by atoms with Crippen LogP contribution < -0.4 is 4.74 Å². The Bertz CT molecular complexity index is 938. The molecule has 30 heavy (non-hydrogen) atoms. The maximum absolute atomic E-state index is 14.6. The van der Waals surface area contributed by atoms with Crippen LogP contribution in [0.1, 0.15) is 43.4 Å². The van der Waals surface area contributed by atoms with Crippen molar-refractivity contribution in [1.82, 2.24) is 9.91 Å². The molecule has 2 aromatic carbocycles. The summed E-state index contributed by atoms with van der Waals surface area (Å²) in [4.78, 5) is 15.4. The number of likely N-dealkylation sites (tertiary alicyclic amines) is 1. The molecule has 1 saturated heterocycles. The maximum Gasteiger partial charge on any atom is 0.257 e. The van der Waals surface area contributed by atoms with Gasteiger partial charge in [-0.05, 0) is 50.0 Å². The molecule has 0 aliphatic carbocycles. The number of ether oxygens (including phenoxy) is 1. The topological polar surface area (TPSA) is 45.1 Å². The molecule has 0 aromatic heterocycles. The van der Waals surface area contributed by atoms with Gasteiger partial charge in [-0.2, -0.15) is 5.10 Å². The van der Waals surface area contributed by atoms with Crippen LogP contribution >= 0.6 is 0 Å². The Hall–Kier alpha value is -2.73. The Morgan fingerprint density at radius 2 is 1.93 bits per heavy atom. The second-order valence-electron chi connectivity index (χ2n) is 8.22. The van der Waals surface area contributed by atoms with E-state index in [0.717, 1.165) is 43.0 Å². The lowest BCUT2D eigenvalue weighted by Crippen LogP contribution is -2.41. The van der Waals surface area contributed by atoms with Crippen LogP contribution in [0, 0.1) is 11.7 Å². The number of hydrazone groups is 1. The molecule has 2 heterocycles. The fourth-order valence-corrected chi connectivity index (χ4v) is 4.19. The zero-order valence-corrected chi connectivity index (χ0v) is 17.6. The van der Waals surface area contributed by atoms with Crippen molar-refractivity contribution < 1.29 is 13.9 Å². The zero-order valence-electron chi connectivity index (χ0n) is 17.6. The van der Waals surface area contributed by atoms with Gasteiger partial charge in [-0.3, -0.25) is 9.69 Å². The van der Waals surface area contributed by atoms with Gasteiger partial charge >= 0.3 is 0 Å². The van der Waals surface area contributed by atoms with Gasteiger partial charge in [-0.25, -0.2) is 9.40 Å². The molecule has 5 nitrogen and oxygen atoms in total. The Balaban J connectivity index is 1.61. The van der Waals surface area contributed by atoms with Crippen molar-refractivity contribution in [2.75, 3.05) is 26.7 Å². The van der Waals surface area contributed by atoms with Crippen molar-refractivity contribution in [3.05, 3.63) is 65.5 Å². The molecule has 1 fully saturated rings. The minimum atomic E-state index is -0.441. The number of benzene rings is 2. The van der Waals surface area contributed by atoms with Gasteiger partial charge in [0.25, 0.3) is 5.91 Å². The maximum atomic E-state index is 14.6. The van der Waals surface area contributed by atoms with Crippen molar-refractivity contribution >= 4 is 11.6 Å². The summed E-state index contributed by atoms with van der Waals surface area (Å²) in [6.07, 6.45) is 2.67. The fraction of sp³-hybridized carbons (Fsp3) is 0.417. The molecule has 0 saturated carbocycles. The first-order valence-corrected chi connectivity index (χ1v) is 10.6. The summed E-state index contributed by atoms with van der Waals surface area (Å²) >= 11 is 0. The number of piperidine rings is 1. The average Bonchev–Trinajstić information content (AvgIpc) is 3.21. The number of nitrogens with zero attached hydrogens (tertiary/aromatic N) is 3. The molecule has 0 spiro atoms. The smallest absolute Gasteiger partial charge is 0.257 e. The number of hydrogen-bond donors (Lipinski definition) is 0. The van der Waals surface area contributed by atoms with Crippen LogP contribution in [-0.2, 0) is 4.79 Å². The van der Waals surface area contributed by atoms with Crippen LogP contribution in [0.25, 0.3) is 0 Å². The van der Waals surface area contributed by atoms with Crippen LogP contribution in [0.3, 0.4) is 0 Å². The SMILES string of the molecule is COc1cccc(C2=NN(C(=O)CN3CCC(C)CC3)[C@H](c3ccccc3F)C2)c1. The first-order valence-electron chi connectivity index (χ1n) is 10.6. The molecule has 0 N–H and O–H groups in total. The predicted octanol–water partition coefficient (Wildman–Crippen LogP) is 4.24.